The molecule has 0 saturated heterocycles. The van der Waals surface area contributed by atoms with Crippen molar-refractivity contribution in [3.63, 3.8) is 0 Å². The monoisotopic (exact) mass is 370 g/mol. The highest BCUT2D eigenvalue weighted by Gasteiger charge is 2.30. The Morgan fingerprint density at radius 1 is 1.27 bits per heavy atom. The molecule has 3 amide bonds. The first-order valence-corrected chi connectivity index (χ1v) is 7.82. The molecule has 1 heterocycles. The molecule has 0 saturated carbocycles. The van der Waals surface area contributed by atoms with Gasteiger partial charge in [-0.25, -0.2) is 4.79 Å². The SMILES string of the molecule is CCCCNC(=O)NC(=O)Cn1nnc(-c2cccc(C(F)(F)F)c2)n1. The Morgan fingerprint density at radius 2 is 2.04 bits per heavy atom. The van der Waals surface area contributed by atoms with E-state index >= 15 is 0 Å². The number of halogens is 3. The lowest BCUT2D eigenvalue weighted by molar-refractivity contribution is -0.137. The number of tetrazole rings is 1. The molecule has 2 aromatic rings. The number of hydrogen-bond donors (Lipinski definition) is 2. The second-order valence-electron chi connectivity index (χ2n) is 5.38. The Morgan fingerprint density at radius 3 is 2.73 bits per heavy atom. The zero-order valence-corrected chi connectivity index (χ0v) is 13.9. The molecule has 0 aliphatic carbocycles. The summed E-state index contributed by atoms with van der Waals surface area (Å²) in [5, 5.41) is 15.7. The van der Waals surface area contributed by atoms with Crippen LogP contribution < -0.4 is 10.6 Å². The van der Waals surface area contributed by atoms with Crippen LogP contribution in [-0.2, 0) is 17.5 Å². The number of nitrogens with zero attached hydrogens (tertiary/aromatic N) is 4. The summed E-state index contributed by atoms with van der Waals surface area (Å²) in [5.74, 6) is -0.733. The maximum Gasteiger partial charge on any atom is 0.416 e. The van der Waals surface area contributed by atoms with Crippen LogP contribution in [0.3, 0.4) is 0 Å². The molecule has 0 fully saturated rings. The predicted molar refractivity (Wildman–Crippen MR) is 84.7 cm³/mol. The number of benzene rings is 1. The fourth-order valence-electron chi connectivity index (χ4n) is 1.98. The van der Waals surface area contributed by atoms with Gasteiger partial charge in [-0.05, 0) is 23.8 Å². The summed E-state index contributed by atoms with van der Waals surface area (Å²) in [5.41, 5.74) is -0.725. The minimum atomic E-state index is -4.49. The van der Waals surface area contributed by atoms with E-state index in [1.54, 1.807) is 0 Å². The number of aromatic nitrogens is 4. The van der Waals surface area contributed by atoms with Crippen molar-refractivity contribution in [2.24, 2.45) is 0 Å². The van der Waals surface area contributed by atoms with Crippen LogP contribution >= 0.6 is 0 Å². The number of amides is 3. The summed E-state index contributed by atoms with van der Waals surface area (Å²) in [7, 11) is 0. The van der Waals surface area contributed by atoms with Gasteiger partial charge in [0.25, 0.3) is 5.91 Å². The standard InChI is InChI=1S/C15H17F3N6O2/c1-2-3-7-19-14(26)20-12(25)9-24-22-13(21-23-24)10-5-4-6-11(8-10)15(16,17)18/h4-6,8H,2-3,7,9H2,1H3,(H2,19,20,25,26). The summed E-state index contributed by atoms with van der Waals surface area (Å²) >= 11 is 0. The molecule has 26 heavy (non-hydrogen) atoms. The number of alkyl halides is 3. The fourth-order valence-corrected chi connectivity index (χ4v) is 1.98. The highest BCUT2D eigenvalue weighted by atomic mass is 19.4. The number of nitrogens with one attached hydrogen (secondary N) is 2. The van der Waals surface area contributed by atoms with Gasteiger partial charge in [0.15, 0.2) is 0 Å². The third kappa shape index (κ3) is 5.53. The van der Waals surface area contributed by atoms with Crippen LogP contribution in [0.25, 0.3) is 11.4 Å². The molecule has 140 valence electrons. The lowest BCUT2D eigenvalue weighted by Crippen LogP contribution is -2.41. The van der Waals surface area contributed by atoms with Crippen LogP contribution in [0.15, 0.2) is 24.3 Å². The lowest BCUT2D eigenvalue weighted by atomic mass is 10.1. The molecule has 1 aromatic carbocycles. The van der Waals surface area contributed by atoms with Crippen molar-refractivity contribution in [3.05, 3.63) is 29.8 Å². The van der Waals surface area contributed by atoms with Crippen LogP contribution in [0.2, 0.25) is 0 Å². The Hall–Kier alpha value is -2.98. The van der Waals surface area contributed by atoms with Crippen molar-refractivity contribution in [1.29, 1.82) is 0 Å². The number of carbonyl (C=O) groups excluding carboxylic acids is 2. The van der Waals surface area contributed by atoms with Crippen LogP contribution in [0.1, 0.15) is 25.3 Å². The van der Waals surface area contributed by atoms with Gasteiger partial charge in [0, 0.05) is 12.1 Å². The quantitative estimate of drug-likeness (QED) is 0.757. The summed E-state index contributed by atoms with van der Waals surface area (Å²) in [6.45, 7) is 2.01. The number of unbranched alkanes of at least 4 members (excludes halogenated alkanes) is 1. The largest absolute Gasteiger partial charge is 0.416 e. The van der Waals surface area contributed by atoms with Crippen molar-refractivity contribution >= 4 is 11.9 Å². The Kier molecular flexibility index (Phi) is 6.26. The number of carbonyl (C=O) groups is 2. The van der Waals surface area contributed by atoms with Crippen LogP contribution in [0.4, 0.5) is 18.0 Å². The summed E-state index contributed by atoms with van der Waals surface area (Å²) in [6, 6.07) is 3.81. The molecular formula is C15H17F3N6O2. The molecule has 0 unspecified atom stereocenters. The third-order valence-electron chi connectivity index (χ3n) is 3.25. The molecule has 8 nitrogen and oxygen atoms in total. The maximum atomic E-state index is 12.7. The zero-order chi connectivity index (χ0) is 19.2. The average molecular weight is 370 g/mol. The van der Waals surface area contributed by atoms with Gasteiger partial charge in [0.2, 0.25) is 5.82 Å². The van der Waals surface area contributed by atoms with Crippen molar-refractivity contribution in [1.82, 2.24) is 30.8 Å². The maximum absolute atomic E-state index is 12.7. The van der Waals surface area contributed by atoms with Crippen LogP contribution in [0, 0.1) is 0 Å². The van der Waals surface area contributed by atoms with Crippen molar-refractivity contribution < 1.29 is 22.8 Å². The Balaban J connectivity index is 1.97. The molecule has 1 aromatic heterocycles. The van der Waals surface area contributed by atoms with Crippen molar-refractivity contribution in [2.45, 2.75) is 32.5 Å². The first kappa shape index (κ1) is 19.3. The predicted octanol–water partition coefficient (Wildman–Crippen LogP) is 1.98. The van der Waals surface area contributed by atoms with Gasteiger partial charge in [-0.3, -0.25) is 10.1 Å². The molecule has 2 N–H and O–H groups in total. The van der Waals surface area contributed by atoms with Crippen LogP contribution in [-0.4, -0.2) is 38.7 Å². The second-order valence-corrected chi connectivity index (χ2v) is 5.38. The van der Waals surface area contributed by atoms with E-state index in [4.69, 9.17) is 0 Å². The van der Waals surface area contributed by atoms with Crippen molar-refractivity contribution in [3.8, 4) is 11.4 Å². The van der Waals surface area contributed by atoms with E-state index in [0.717, 1.165) is 29.8 Å². The average Bonchev–Trinajstić information content (AvgIpc) is 3.02. The highest BCUT2D eigenvalue weighted by molar-refractivity contribution is 5.94. The van der Waals surface area contributed by atoms with E-state index in [-0.39, 0.29) is 11.4 Å². The van der Waals surface area contributed by atoms with Gasteiger partial charge in [-0.2, -0.15) is 18.0 Å². The summed E-state index contributed by atoms with van der Waals surface area (Å²) in [6.07, 6.45) is -2.81. The molecule has 0 bridgehead atoms. The minimum Gasteiger partial charge on any atom is -0.338 e. The molecular weight excluding hydrogens is 353 g/mol. The van der Waals surface area contributed by atoms with Crippen LogP contribution in [0.5, 0.6) is 0 Å². The van der Waals surface area contributed by atoms with Gasteiger partial charge in [-0.15, -0.1) is 10.2 Å². The molecule has 0 aliphatic heterocycles. The fraction of sp³-hybridized carbons (Fsp3) is 0.400. The molecule has 2 rings (SSSR count). The van der Waals surface area contributed by atoms with E-state index in [9.17, 15) is 22.8 Å². The molecule has 0 spiro atoms. The highest BCUT2D eigenvalue weighted by Crippen LogP contribution is 2.31. The zero-order valence-electron chi connectivity index (χ0n) is 13.9. The van der Waals surface area contributed by atoms with Gasteiger partial charge >= 0.3 is 12.2 Å². The molecule has 0 aliphatic rings. The number of urea groups is 1. The minimum absolute atomic E-state index is 0.0590. The van der Waals surface area contributed by atoms with E-state index < -0.39 is 30.2 Å². The van der Waals surface area contributed by atoms with E-state index in [2.05, 4.69) is 26.0 Å². The summed E-state index contributed by atoms with van der Waals surface area (Å²) in [4.78, 5) is 24.1. The van der Waals surface area contributed by atoms with Gasteiger partial charge < -0.3 is 5.32 Å². The topological polar surface area (TPSA) is 102 Å². The van der Waals surface area contributed by atoms with Gasteiger partial charge in [-0.1, -0.05) is 25.5 Å². The summed E-state index contributed by atoms with van der Waals surface area (Å²) < 4.78 is 38.2. The Labute approximate surface area is 146 Å². The first-order valence-electron chi connectivity index (χ1n) is 7.82. The number of hydrogen-bond acceptors (Lipinski definition) is 5. The molecule has 11 heteroatoms. The third-order valence-corrected chi connectivity index (χ3v) is 3.25. The lowest BCUT2D eigenvalue weighted by Gasteiger charge is -2.06. The number of imide groups is 1. The van der Waals surface area contributed by atoms with E-state index in [1.807, 2.05) is 6.92 Å². The number of rotatable bonds is 6. The molecule has 0 radical (unpaired) electrons. The van der Waals surface area contributed by atoms with Gasteiger partial charge in [0.05, 0.1) is 5.56 Å². The van der Waals surface area contributed by atoms with Gasteiger partial charge in [0.1, 0.15) is 6.54 Å². The van der Waals surface area contributed by atoms with Crippen molar-refractivity contribution in [2.75, 3.05) is 6.54 Å². The second kappa shape index (κ2) is 8.41. The first-order chi connectivity index (χ1) is 12.3. The van der Waals surface area contributed by atoms with E-state index in [0.29, 0.717) is 6.54 Å². The van der Waals surface area contributed by atoms with E-state index in [1.165, 1.54) is 12.1 Å². The normalized spacial score (nSPS) is 11.2. The Bertz CT molecular complexity index is 775. The molecule has 0 atom stereocenters. The smallest absolute Gasteiger partial charge is 0.338 e.